The van der Waals surface area contributed by atoms with E-state index in [4.69, 9.17) is 19.1 Å². The number of carbonyl (C=O) groups excluding carboxylic acids is 3. The molecule has 21 heavy (non-hydrogen) atoms. The molecule has 120 valence electrons. The van der Waals surface area contributed by atoms with E-state index in [-0.39, 0.29) is 0 Å². The zero-order valence-corrected chi connectivity index (χ0v) is 11.5. The van der Waals surface area contributed by atoms with Gasteiger partial charge in [-0.25, -0.2) is 0 Å². The van der Waals surface area contributed by atoms with Crippen LogP contribution in [0.1, 0.15) is 35.8 Å². The highest BCUT2D eigenvalue weighted by Crippen LogP contribution is 1.91. The Hall–Kier alpha value is -2.16. The second kappa shape index (κ2) is 8.20. The molecule has 0 saturated heterocycles. The number of hydrogen-bond donors (Lipinski definition) is 5. The van der Waals surface area contributed by atoms with Gasteiger partial charge in [0.2, 0.25) is 17.7 Å². The summed E-state index contributed by atoms with van der Waals surface area (Å²) >= 11 is 0. The third kappa shape index (κ3) is 6.70. The summed E-state index contributed by atoms with van der Waals surface area (Å²) in [5, 5.41) is 14.2. The van der Waals surface area contributed by atoms with Gasteiger partial charge in [0.05, 0.1) is 6.04 Å². The molecule has 0 aromatic rings. The number of carboxylic acid groups (broad SMARTS) is 1. The zero-order chi connectivity index (χ0) is 21.7. The third-order valence-corrected chi connectivity index (χ3v) is 2.24. The number of hydrogen-bond acceptors (Lipinski definition) is 5. The average molecular weight is 308 g/mol. The Balaban J connectivity index is 5.54. The van der Waals surface area contributed by atoms with Crippen LogP contribution in [0, 0.1) is 0 Å². The minimum Gasteiger partial charge on any atom is -0.480 e. The van der Waals surface area contributed by atoms with Gasteiger partial charge in [0.15, 0.2) is 0 Å². The number of rotatable bonds is 7. The molecular formula is C12H22N4O5. The Kier molecular flexibility index (Phi) is 4.12. The summed E-state index contributed by atoms with van der Waals surface area (Å²) in [6.07, 6.45) is 0. The minimum atomic E-state index is -3.12. The molecule has 0 aliphatic rings. The Morgan fingerprint density at radius 3 is 1.62 bits per heavy atom. The largest absolute Gasteiger partial charge is 0.480 e. The summed E-state index contributed by atoms with van der Waals surface area (Å²) in [7, 11) is 0. The van der Waals surface area contributed by atoms with E-state index in [1.54, 1.807) is 5.32 Å². The van der Waals surface area contributed by atoms with Crippen molar-refractivity contribution in [3.63, 3.8) is 0 Å². The Labute approximate surface area is 131 Å². The standard InChI is InChI=1S/C12H22N4O5/c1-5(13)9(17)14-6(2)10(18)15-7(3)11(19)16-8(4)12(20)21/h5-8H,13H2,1-4H3,(H,14,17)(H,15,18)(H,16,19)(H,20,21)/t5-,6-,7-,8-/m0/s1/i2D3,3D3. The lowest BCUT2D eigenvalue weighted by atomic mass is 10.2. The van der Waals surface area contributed by atoms with Crippen LogP contribution >= 0.6 is 0 Å². The summed E-state index contributed by atoms with van der Waals surface area (Å²) in [6, 6.07) is -7.04. The molecule has 0 saturated carbocycles. The summed E-state index contributed by atoms with van der Waals surface area (Å²) in [5.74, 6) is -5.27. The third-order valence-electron chi connectivity index (χ3n) is 2.24. The van der Waals surface area contributed by atoms with Gasteiger partial charge in [-0.2, -0.15) is 0 Å². The average Bonchev–Trinajstić information content (AvgIpc) is 2.46. The molecule has 0 aliphatic carbocycles. The second-order valence-electron chi connectivity index (χ2n) is 4.24. The van der Waals surface area contributed by atoms with Gasteiger partial charge in [-0.15, -0.1) is 0 Å². The molecular weight excluding hydrogens is 280 g/mol. The molecule has 0 rings (SSSR count). The first-order chi connectivity index (χ1) is 12.0. The van der Waals surface area contributed by atoms with E-state index in [1.165, 1.54) is 6.92 Å². The van der Waals surface area contributed by atoms with Gasteiger partial charge in [0, 0.05) is 8.22 Å². The molecule has 0 spiro atoms. The van der Waals surface area contributed by atoms with E-state index < -0.39 is 61.6 Å². The Morgan fingerprint density at radius 1 is 0.905 bits per heavy atom. The fourth-order valence-electron chi connectivity index (χ4n) is 0.989. The molecule has 0 fully saturated rings. The van der Waals surface area contributed by atoms with Gasteiger partial charge < -0.3 is 26.8 Å². The molecule has 4 atom stereocenters. The highest BCUT2D eigenvalue weighted by Gasteiger charge is 2.23. The number of aliphatic carboxylic acids is 1. The lowest BCUT2D eigenvalue weighted by molar-refractivity contribution is -0.141. The smallest absolute Gasteiger partial charge is 0.325 e. The maximum Gasteiger partial charge on any atom is 0.325 e. The van der Waals surface area contributed by atoms with Crippen LogP contribution in [0.3, 0.4) is 0 Å². The maximum absolute atomic E-state index is 12.3. The van der Waals surface area contributed by atoms with Gasteiger partial charge >= 0.3 is 5.97 Å². The van der Waals surface area contributed by atoms with Crippen molar-refractivity contribution in [1.82, 2.24) is 16.0 Å². The van der Waals surface area contributed by atoms with Crippen molar-refractivity contribution in [3.05, 3.63) is 0 Å². The Bertz CT molecular complexity index is 592. The summed E-state index contributed by atoms with van der Waals surface area (Å²) in [4.78, 5) is 46.7. The fourth-order valence-corrected chi connectivity index (χ4v) is 0.989. The molecule has 0 bridgehead atoms. The van der Waals surface area contributed by atoms with Crippen LogP contribution < -0.4 is 21.7 Å². The fraction of sp³-hybridized carbons (Fsp3) is 0.667. The maximum atomic E-state index is 12.3. The van der Waals surface area contributed by atoms with Gasteiger partial charge in [-0.1, -0.05) is 0 Å². The normalized spacial score (nSPS) is 21.5. The molecule has 9 heteroatoms. The van der Waals surface area contributed by atoms with Crippen LogP contribution in [0.25, 0.3) is 0 Å². The first kappa shape index (κ1) is 10.6. The SMILES string of the molecule is [2H]C([2H])([2H])[C@H](NC(=O)[C@H](C)N)C(=O)N[C@H](C(=O)N[C@@H](C)C(=O)O)C([2H])([2H])[2H]. The predicted molar refractivity (Wildman–Crippen MR) is 74.1 cm³/mol. The number of carbonyl (C=O) groups is 4. The number of carboxylic acids is 1. The van der Waals surface area contributed by atoms with Crippen molar-refractivity contribution in [3.8, 4) is 0 Å². The lowest BCUT2D eigenvalue weighted by Gasteiger charge is -2.19. The van der Waals surface area contributed by atoms with E-state index in [2.05, 4.69) is 0 Å². The number of nitrogens with two attached hydrogens (primary N) is 1. The Morgan fingerprint density at radius 2 is 1.29 bits per heavy atom. The summed E-state index contributed by atoms with van der Waals surface area (Å²) in [5.41, 5.74) is 5.29. The second-order valence-corrected chi connectivity index (χ2v) is 4.24. The van der Waals surface area contributed by atoms with Crippen LogP contribution in [0.2, 0.25) is 0 Å². The first-order valence-electron chi connectivity index (χ1n) is 8.88. The summed E-state index contributed by atoms with van der Waals surface area (Å²) < 4.78 is 44.0. The predicted octanol–water partition coefficient (Wildman–Crippen LogP) is -2.07. The topological polar surface area (TPSA) is 151 Å². The molecule has 0 aromatic carbocycles. The number of amides is 3. The van der Waals surface area contributed by atoms with E-state index in [0.717, 1.165) is 6.92 Å². The molecule has 9 nitrogen and oxygen atoms in total. The molecule has 0 unspecified atom stereocenters. The van der Waals surface area contributed by atoms with Crippen molar-refractivity contribution in [1.29, 1.82) is 0 Å². The van der Waals surface area contributed by atoms with Gasteiger partial charge in [-0.05, 0) is 27.6 Å². The molecule has 6 N–H and O–H groups in total. The van der Waals surface area contributed by atoms with Gasteiger partial charge in [-0.3, -0.25) is 19.2 Å². The number of nitrogens with one attached hydrogen (secondary N) is 3. The van der Waals surface area contributed by atoms with Crippen molar-refractivity contribution < 1.29 is 32.5 Å². The summed E-state index contributed by atoms with van der Waals surface area (Å²) in [6.45, 7) is -3.90. The van der Waals surface area contributed by atoms with Crippen molar-refractivity contribution in [2.24, 2.45) is 5.73 Å². The molecule has 0 aliphatic heterocycles. The van der Waals surface area contributed by atoms with Gasteiger partial charge in [0.1, 0.15) is 18.1 Å². The molecule has 0 aromatic heterocycles. The van der Waals surface area contributed by atoms with Crippen LogP contribution in [-0.2, 0) is 19.2 Å². The highest BCUT2D eigenvalue weighted by molar-refractivity contribution is 5.93. The first-order valence-corrected chi connectivity index (χ1v) is 5.88. The van der Waals surface area contributed by atoms with E-state index in [9.17, 15) is 19.2 Å². The molecule has 0 heterocycles. The van der Waals surface area contributed by atoms with Crippen LogP contribution in [0.15, 0.2) is 0 Å². The van der Waals surface area contributed by atoms with Crippen molar-refractivity contribution >= 4 is 23.7 Å². The highest BCUT2D eigenvalue weighted by atomic mass is 16.4. The van der Waals surface area contributed by atoms with Crippen molar-refractivity contribution in [2.45, 2.75) is 51.7 Å². The molecule has 0 radical (unpaired) electrons. The quantitative estimate of drug-likeness (QED) is 0.364. The van der Waals surface area contributed by atoms with E-state index in [0.29, 0.717) is 0 Å². The lowest BCUT2D eigenvalue weighted by Crippen LogP contribution is -2.54. The minimum absolute atomic E-state index is 0.986. The van der Waals surface area contributed by atoms with Crippen LogP contribution in [-0.4, -0.2) is 53.0 Å². The van der Waals surface area contributed by atoms with Crippen LogP contribution in [0.5, 0.6) is 0 Å². The van der Waals surface area contributed by atoms with E-state index in [1.807, 2.05) is 10.6 Å². The van der Waals surface area contributed by atoms with Crippen LogP contribution in [0.4, 0.5) is 0 Å². The molecule has 3 amide bonds. The van der Waals surface area contributed by atoms with E-state index >= 15 is 0 Å². The monoisotopic (exact) mass is 308 g/mol. The zero-order valence-electron chi connectivity index (χ0n) is 17.5. The van der Waals surface area contributed by atoms with Gasteiger partial charge in [0.25, 0.3) is 0 Å². The van der Waals surface area contributed by atoms with Crippen molar-refractivity contribution in [2.75, 3.05) is 0 Å².